The van der Waals surface area contributed by atoms with Crippen LogP contribution in [0.15, 0.2) is 88.6 Å². The van der Waals surface area contributed by atoms with Gasteiger partial charge in [0.1, 0.15) is 24.3 Å². The average molecular weight is 534 g/mol. The Morgan fingerprint density at radius 1 is 1.03 bits per heavy atom. The summed E-state index contributed by atoms with van der Waals surface area (Å²) in [5, 5.41) is 3.49. The number of rotatable bonds is 9. The van der Waals surface area contributed by atoms with Gasteiger partial charge in [-0.1, -0.05) is 18.2 Å². The van der Waals surface area contributed by atoms with Crippen LogP contribution in [-0.4, -0.2) is 41.2 Å². The number of pyridine rings is 1. The van der Waals surface area contributed by atoms with Crippen LogP contribution in [0, 0.1) is 5.82 Å². The van der Waals surface area contributed by atoms with E-state index in [-0.39, 0.29) is 42.0 Å². The lowest BCUT2D eigenvalue weighted by atomic mass is 10.1. The molecule has 3 N–H and O–H groups in total. The molecule has 0 bridgehead atoms. The Hall–Kier alpha value is -4.35. The van der Waals surface area contributed by atoms with E-state index >= 15 is 0 Å². The molecule has 2 aromatic carbocycles. The molecule has 0 fully saturated rings. The minimum Gasteiger partial charge on any atom is -0.443 e. The third-order valence-electron chi connectivity index (χ3n) is 6.04. The van der Waals surface area contributed by atoms with Gasteiger partial charge in [0.2, 0.25) is 11.8 Å². The van der Waals surface area contributed by atoms with Crippen molar-refractivity contribution in [3.8, 4) is 22.7 Å². The Balaban J connectivity index is 1.26. The number of hydrogen-bond acceptors (Lipinski definition) is 7. The van der Waals surface area contributed by atoms with Crippen molar-refractivity contribution in [3.63, 3.8) is 0 Å². The third kappa shape index (κ3) is 5.34. The van der Waals surface area contributed by atoms with Crippen molar-refractivity contribution in [2.24, 2.45) is 5.73 Å². The summed E-state index contributed by atoms with van der Waals surface area (Å²) in [5.41, 5.74) is 8.90. The lowest BCUT2D eigenvalue weighted by molar-refractivity contribution is -0.121. The maximum Gasteiger partial charge on any atom is 0.243 e. The number of oxazole rings is 1. The van der Waals surface area contributed by atoms with Crippen LogP contribution in [0.1, 0.15) is 5.69 Å². The second-order valence-electron chi connectivity index (χ2n) is 8.60. The van der Waals surface area contributed by atoms with Crippen LogP contribution < -0.4 is 11.1 Å². The van der Waals surface area contributed by atoms with Crippen LogP contribution >= 0.6 is 0 Å². The SMILES string of the molecule is NCCS(=O)(=O)c1ccc(-c2ccc(CNC(=O)Cn3c(-c4ncco4)cc4cc(F)ccc43)nc2)cc1. The zero-order valence-corrected chi connectivity index (χ0v) is 21.0. The molecule has 0 saturated carbocycles. The standard InChI is InChI=1S/C27H24FN5O4S/c28-21-4-8-24-20(13-21)14-25(27-30-10-11-37-27)33(24)17-26(34)32-16-22-5-1-19(15-31-22)18-2-6-23(7-3-18)38(35,36)12-9-29/h1-8,10-11,13-15H,9,12,16-17,29H2,(H,32,34). The van der Waals surface area contributed by atoms with Crippen LogP contribution in [0.5, 0.6) is 0 Å². The first kappa shape index (κ1) is 25.3. The van der Waals surface area contributed by atoms with E-state index in [0.717, 1.165) is 11.1 Å². The molecule has 0 unspecified atom stereocenters. The van der Waals surface area contributed by atoms with E-state index in [9.17, 15) is 17.6 Å². The molecule has 1 amide bonds. The summed E-state index contributed by atoms with van der Waals surface area (Å²) in [6.07, 6.45) is 4.61. The number of halogens is 1. The molecule has 5 rings (SSSR count). The van der Waals surface area contributed by atoms with Crippen molar-refractivity contribution >= 4 is 26.6 Å². The molecule has 194 valence electrons. The summed E-state index contributed by atoms with van der Waals surface area (Å²) < 4.78 is 45.2. The zero-order chi connectivity index (χ0) is 26.7. The highest BCUT2D eigenvalue weighted by atomic mass is 32.2. The van der Waals surface area contributed by atoms with Crippen molar-refractivity contribution in [2.75, 3.05) is 12.3 Å². The number of amides is 1. The molecule has 0 aliphatic carbocycles. The summed E-state index contributed by atoms with van der Waals surface area (Å²) in [5.74, 6) is -0.411. The number of sulfone groups is 1. The molecule has 0 radical (unpaired) electrons. The second-order valence-corrected chi connectivity index (χ2v) is 10.7. The van der Waals surface area contributed by atoms with E-state index in [1.165, 1.54) is 24.6 Å². The number of fused-ring (bicyclic) bond motifs is 1. The predicted octanol–water partition coefficient (Wildman–Crippen LogP) is 3.55. The Kier molecular flexibility index (Phi) is 7.03. The number of nitrogens with one attached hydrogen (secondary N) is 1. The maximum atomic E-state index is 13.8. The molecule has 5 aromatic rings. The van der Waals surface area contributed by atoms with E-state index in [2.05, 4.69) is 15.3 Å². The number of nitrogens with zero attached hydrogens (tertiary/aromatic N) is 3. The highest BCUT2D eigenvalue weighted by Crippen LogP contribution is 2.28. The fourth-order valence-corrected chi connectivity index (χ4v) is 5.25. The Labute approximate surface area is 218 Å². The van der Waals surface area contributed by atoms with Crippen LogP contribution in [0.4, 0.5) is 4.39 Å². The third-order valence-corrected chi connectivity index (χ3v) is 7.80. The molecule has 11 heteroatoms. The van der Waals surface area contributed by atoms with Gasteiger partial charge in [-0.25, -0.2) is 17.8 Å². The van der Waals surface area contributed by atoms with Crippen LogP contribution in [-0.2, 0) is 27.7 Å². The largest absolute Gasteiger partial charge is 0.443 e. The summed E-state index contributed by atoms with van der Waals surface area (Å²) in [6, 6.07) is 16.3. The topological polar surface area (TPSA) is 133 Å². The van der Waals surface area contributed by atoms with Crippen LogP contribution in [0.2, 0.25) is 0 Å². The highest BCUT2D eigenvalue weighted by molar-refractivity contribution is 7.91. The number of benzene rings is 2. The van der Waals surface area contributed by atoms with Gasteiger partial charge in [0.25, 0.3) is 0 Å². The Bertz CT molecular complexity index is 1680. The zero-order valence-electron chi connectivity index (χ0n) is 20.2. The Morgan fingerprint density at radius 2 is 1.82 bits per heavy atom. The van der Waals surface area contributed by atoms with Gasteiger partial charge in [-0.2, -0.15) is 0 Å². The van der Waals surface area contributed by atoms with Gasteiger partial charge in [-0.3, -0.25) is 9.78 Å². The lowest BCUT2D eigenvalue weighted by Crippen LogP contribution is -2.27. The monoisotopic (exact) mass is 533 g/mol. The van der Waals surface area contributed by atoms with E-state index in [1.807, 2.05) is 6.07 Å². The Morgan fingerprint density at radius 3 is 2.50 bits per heavy atom. The van der Waals surface area contributed by atoms with Crippen molar-refractivity contribution in [3.05, 3.63) is 90.8 Å². The molecular weight excluding hydrogens is 509 g/mol. The summed E-state index contributed by atoms with van der Waals surface area (Å²) >= 11 is 0. The predicted molar refractivity (Wildman–Crippen MR) is 140 cm³/mol. The van der Waals surface area contributed by atoms with Crippen molar-refractivity contribution in [1.82, 2.24) is 19.9 Å². The molecule has 0 saturated heterocycles. The van der Waals surface area contributed by atoms with Crippen molar-refractivity contribution < 1.29 is 22.0 Å². The first-order valence-electron chi connectivity index (χ1n) is 11.8. The first-order chi connectivity index (χ1) is 18.3. The fraction of sp³-hybridized carbons (Fsp3) is 0.148. The van der Waals surface area contributed by atoms with E-state index < -0.39 is 9.84 Å². The van der Waals surface area contributed by atoms with Gasteiger partial charge in [0, 0.05) is 29.2 Å². The van der Waals surface area contributed by atoms with Gasteiger partial charge >= 0.3 is 0 Å². The second kappa shape index (κ2) is 10.6. The van der Waals surface area contributed by atoms with Gasteiger partial charge in [0.15, 0.2) is 9.84 Å². The maximum absolute atomic E-state index is 13.8. The lowest BCUT2D eigenvalue weighted by Gasteiger charge is -2.10. The molecule has 3 heterocycles. The highest BCUT2D eigenvalue weighted by Gasteiger charge is 2.17. The van der Waals surface area contributed by atoms with Crippen molar-refractivity contribution in [2.45, 2.75) is 18.0 Å². The molecule has 0 atom stereocenters. The average Bonchev–Trinajstić information content (AvgIpc) is 3.56. The number of carbonyl (C=O) groups is 1. The molecule has 0 aliphatic rings. The van der Waals surface area contributed by atoms with E-state index in [0.29, 0.717) is 28.2 Å². The minimum atomic E-state index is -3.39. The summed E-state index contributed by atoms with van der Waals surface area (Å²) in [6.45, 7) is 0.248. The van der Waals surface area contributed by atoms with Gasteiger partial charge in [-0.15, -0.1) is 0 Å². The molecule has 9 nitrogen and oxygen atoms in total. The number of aromatic nitrogens is 3. The number of hydrogen-bond donors (Lipinski definition) is 2. The summed E-state index contributed by atoms with van der Waals surface area (Å²) in [4.78, 5) is 21.6. The van der Waals surface area contributed by atoms with Gasteiger partial charge in [0.05, 0.1) is 29.1 Å². The van der Waals surface area contributed by atoms with Gasteiger partial charge in [-0.05, 0) is 48.0 Å². The normalized spacial score (nSPS) is 11.6. The van der Waals surface area contributed by atoms with Crippen LogP contribution in [0.3, 0.4) is 0 Å². The molecule has 3 aromatic heterocycles. The van der Waals surface area contributed by atoms with E-state index in [1.54, 1.807) is 53.2 Å². The number of carbonyl (C=O) groups excluding carboxylic acids is 1. The van der Waals surface area contributed by atoms with Crippen LogP contribution in [0.25, 0.3) is 33.6 Å². The van der Waals surface area contributed by atoms with E-state index in [4.69, 9.17) is 10.2 Å². The molecule has 0 aliphatic heterocycles. The smallest absolute Gasteiger partial charge is 0.243 e. The summed E-state index contributed by atoms with van der Waals surface area (Å²) in [7, 11) is -3.39. The van der Waals surface area contributed by atoms with Crippen molar-refractivity contribution in [1.29, 1.82) is 0 Å². The minimum absolute atomic E-state index is 0.0235. The first-order valence-corrected chi connectivity index (χ1v) is 13.4. The molecule has 38 heavy (non-hydrogen) atoms. The molecule has 0 spiro atoms. The quantitative estimate of drug-likeness (QED) is 0.296. The molecular formula is C27H24FN5O4S. The number of nitrogens with two attached hydrogens (primary N) is 1. The fourth-order valence-electron chi connectivity index (χ4n) is 4.16. The van der Waals surface area contributed by atoms with Gasteiger partial charge < -0.3 is 20.0 Å².